The van der Waals surface area contributed by atoms with Crippen LogP contribution in [0.3, 0.4) is 0 Å². The lowest BCUT2D eigenvalue weighted by atomic mass is 10.1. The molecule has 0 spiro atoms. The number of carbonyl (C=O) groups excluding carboxylic acids is 4. The number of fused-ring (bicyclic) bond motifs is 1. The topological polar surface area (TPSA) is 90.0 Å². The molecular weight excluding hydrogens is 482 g/mol. The van der Waals surface area contributed by atoms with E-state index in [-0.39, 0.29) is 22.5 Å². The standard InChI is InChI=1S/C31H23NO6/c1-19-8-12-25(16-20(19)2)38-24-13-10-23(11-14-24)32-29(34)26-15-9-22(17-27(26)30(32)35)31(36)37-18-28(33)21-6-4-3-5-7-21/h3-17H,18H2,1-2H3. The number of esters is 1. The van der Waals surface area contributed by atoms with Gasteiger partial charge in [0, 0.05) is 5.56 Å². The number of imide groups is 1. The molecule has 4 aromatic rings. The van der Waals surface area contributed by atoms with Crippen LogP contribution in [0.4, 0.5) is 5.69 Å². The van der Waals surface area contributed by atoms with Crippen molar-refractivity contribution in [2.24, 2.45) is 0 Å². The Morgan fingerprint density at radius 3 is 2.08 bits per heavy atom. The molecule has 1 aliphatic heterocycles. The lowest BCUT2D eigenvalue weighted by molar-refractivity contribution is 0.0474. The monoisotopic (exact) mass is 505 g/mol. The summed E-state index contributed by atoms with van der Waals surface area (Å²) >= 11 is 0. The number of carbonyl (C=O) groups is 4. The van der Waals surface area contributed by atoms with Gasteiger partial charge in [0.1, 0.15) is 11.5 Å². The van der Waals surface area contributed by atoms with Crippen molar-refractivity contribution in [2.45, 2.75) is 13.8 Å². The summed E-state index contributed by atoms with van der Waals surface area (Å²) in [5, 5.41) is 0. The highest BCUT2D eigenvalue weighted by molar-refractivity contribution is 6.34. The molecular formula is C31H23NO6. The third-order valence-corrected chi connectivity index (χ3v) is 6.36. The molecule has 188 valence electrons. The molecule has 7 heteroatoms. The van der Waals surface area contributed by atoms with Gasteiger partial charge in [0.05, 0.1) is 22.4 Å². The van der Waals surface area contributed by atoms with Crippen molar-refractivity contribution < 1.29 is 28.7 Å². The zero-order valence-electron chi connectivity index (χ0n) is 20.8. The molecule has 1 aliphatic rings. The van der Waals surface area contributed by atoms with Crippen LogP contribution in [0.2, 0.25) is 0 Å². The van der Waals surface area contributed by atoms with Crippen LogP contribution in [0.15, 0.2) is 91.0 Å². The van der Waals surface area contributed by atoms with E-state index in [0.29, 0.717) is 22.7 Å². The van der Waals surface area contributed by atoms with Crippen LogP contribution in [0.25, 0.3) is 0 Å². The number of benzene rings is 4. The third-order valence-electron chi connectivity index (χ3n) is 6.36. The number of anilines is 1. The van der Waals surface area contributed by atoms with Crippen molar-refractivity contribution in [3.63, 3.8) is 0 Å². The molecule has 0 radical (unpaired) electrons. The summed E-state index contributed by atoms with van der Waals surface area (Å²) in [4.78, 5) is 52.0. The number of aryl methyl sites for hydroxylation is 2. The summed E-state index contributed by atoms with van der Waals surface area (Å²) in [6.07, 6.45) is 0. The van der Waals surface area contributed by atoms with E-state index in [0.717, 1.165) is 16.0 Å². The SMILES string of the molecule is Cc1ccc(Oc2ccc(N3C(=O)c4ccc(C(=O)OCC(=O)c5ccccc5)cc4C3=O)cc2)cc1C. The van der Waals surface area contributed by atoms with Crippen molar-refractivity contribution in [3.8, 4) is 11.5 Å². The van der Waals surface area contributed by atoms with Gasteiger partial charge in [0.25, 0.3) is 11.8 Å². The molecule has 4 aromatic carbocycles. The van der Waals surface area contributed by atoms with E-state index in [4.69, 9.17) is 9.47 Å². The second-order valence-corrected chi connectivity index (χ2v) is 8.91. The second-order valence-electron chi connectivity index (χ2n) is 8.91. The molecule has 0 atom stereocenters. The normalized spacial score (nSPS) is 12.3. The smallest absolute Gasteiger partial charge is 0.338 e. The Hall–Kier alpha value is -5.04. The first kappa shape index (κ1) is 24.6. The molecule has 2 amide bonds. The van der Waals surface area contributed by atoms with E-state index in [1.165, 1.54) is 18.2 Å². The number of Topliss-reactive ketones (excluding diaryl/α,β-unsaturated/α-hetero) is 1. The summed E-state index contributed by atoms with van der Waals surface area (Å²) in [6.45, 7) is 3.59. The molecule has 0 aliphatic carbocycles. The van der Waals surface area contributed by atoms with E-state index in [1.807, 2.05) is 32.0 Å². The second kappa shape index (κ2) is 10.1. The van der Waals surface area contributed by atoms with Gasteiger partial charge in [-0.3, -0.25) is 14.4 Å². The van der Waals surface area contributed by atoms with Gasteiger partial charge in [-0.15, -0.1) is 0 Å². The Balaban J connectivity index is 1.28. The van der Waals surface area contributed by atoms with Crippen LogP contribution in [0, 0.1) is 13.8 Å². The molecule has 0 unspecified atom stereocenters. The molecule has 5 rings (SSSR count). The van der Waals surface area contributed by atoms with Crippen LogP contribution in [-0.4, -0.2) is 30.2 Å². The first-order valence-electron chi connectivity index (χ1n) is 12.0. The number of hydrogen-bond donors (Lipinski definition) is 0. The molecule has 0 bridgehead atoms. The number of amides is 2. The van der Waals surface area contributed by atoms with Crippen LogP contribution < -0.4 is 9.64 Å². The van der Waals surface area contributed by atoms with Gasteiger partial charge >= 0.3 is 5.97 Å². The lowest BCUT2D eigenvalue weighted by Gasteiger charge is -2.15. The molecule has 1 heterocycles. The maximum Gasteiger partial charge on any atom is 0.338 e. The number of rotatable bonds is 7. The summed E-state index contributed by atoms with van der Waals surface area (Å²) in [5.74, 6) is -0.906. The summed E-state index contributed by atoms with van der Waals surface area (Å²) < 4.78 is 11.0. The molecule has 0 saturated heterocycles. The Bertz CT molecular complexity index is 1570. The van der Waals surface area contributed by atoms with Gasteiger partial charge in [-0.1, -0.05) is 36.4 Å². The Morgan fingerprint density at radius 2 is 1.37 bits per heavy atom. The van der Waals surface area contributed by atoms with Crippen LogP contribution >= 0.6 is 0 Å². The number of nitrogens with zero attached hydrogens (tertiary/aromatic N) is 1. The zero-order valence-corrected chi connectivity index (χ0v) is 20.8. The van der Waals surface area contributed by atoms with E-state index in [9.17, 15) is 19.2 Å². The number of ether oxygens (including phenoxy) is 2. The molecule has 0 fully saturated rings. The first-order chi connectivity index (χ1) is 18.3. The third kappa shape index (κ3) is 4.82. The Labute approximate surface area is 219 Å². The zero-order chi connectivity index (χ0) is 26.8. The summed E-state index contributed by atoms with van der Waals surface area (Å²) in [7, 11) is 0. The van der Waals surface area contributed by atoms with E-state index in [1.54, 1.807) is 54.6 Å². The maximum atomic E-state index is 13.1. The van der Waals surface area contributed by atoms with Gasteiger partial charge in [-0.25, -0.2) is 9.69 Å². The van der Waals surface area contributed by atoms with Gasteiger partial charge in [0.15, 0.2) is 12.4 Å². The Kier molecular flexibility index (Phi) is 6.58. The minimum atomic E-state index is -0.761. The van der Waals surface area contributed by atoms with Crippen LogP contribution in [-0.2, 0) is 4.74 Å². The van der Waals surface area contributed by atoms with Gasteiger partial charge in [-0.05, 0) is 79.6 Å². The number of ketones is 1. The van der Waals surface area contributed by atoms with E-state index in [2.05, 4.69) is 0 Å². The maximum absolute atomic E-state index is 13.1. The van der Waals surface area contributed by atoms with Crippen molar-refractivity contribution in [2.75, 3.05) is 11.5 Å². The van der Waals surface area contributed by atoms with Gasteiger partial charge in [-0.2, -0.15) is 0 Å². The van der Waals surface area contributed by atoms with Crippen LogP contribution in [0.5, 0.6) is 11.5 Å². The molecule has 38 heavy (non-hydrogen) atoms. The minimum absolute atomic E-state index is 0.0738. The molecule has 0 N–H and O–H groups in total. The molecule has 7 nitrogen and oxygen atoms in total. The average Bonchev–Trinajstić information content (AvgIpc) is 3.19. The highest BCUT2D eigenvalue weighted by Crippen LogP contribution is 2.31. The summed E-state index contributed by atoms with van der Waals surface area (Å²) in [6, 6.07) is 25.0. The predicted octanol–water partition coefficient (Wildman–Crippen LogP) is 5.94. The van der Waals surface area contributed by atoms with Crippen LogP contribution in [0.1, 0.15) is 52.6 Å². The average molecular weight is 506 g/mol. The molecule has 0 saturated carbocycles. The van der Waals surface area contributed by atoms with Crippen molar-refractivity contribution in [1.82, 2.24) is 0 Å². The fraction of sp³-hybridized carbons (Fsp3) is 0.0968. The largest absolute Gasteiger partial charge is 0.457 e. The van der Waals surface area contributed by atoms with E-state index < -0.39 is 24.4 Å². The summed E-state index contributed by atoms with van der Waals surface area (Å²) in [5.41, 5.74) is 3.42. The number of hydrogen-bond acceptors (Lipinski definition) is 6. The fourth-order valence-electron chi connectivity index (χ4n) is 4.10. The minimum Gasteiger partial charge on any atom is -0.457 e. The molecule has 0 aromatic heterocycles. The van der Waals surface area contributed by atoms with Gasteiger partial charge < -0.3 is 9.47 Å². The quantitative estimate of drug-likeness (QED) is 0.176. The fourth-order valence-corrected chi connectivity index (χ4v) is 4.10. The highest BCUT2D eigenvalue weighted by atomic mass is 16.5. The van der Waals surface area contributed by atoms with Crippen molar-refractivity contribution in [3.05, 3.63) is 124 Å². The predicted molar refractivity (Wildman–Crippen MR) is 141 cm³/mol. The van der Waals surface area contributed by atoms with Crippen molar-refractivity contribution in [1.29, 1.82) is 0 Å². The first-order valence-corrected chi connectivity index (χ1v) is 12.0. The van der Waals surface area contributed by atoms with E-state index >= 15 is 0 Å². The highest BCUT2D eigenvalue weighted by Gasteiger charge is 2.37. The van der Waals surface area contributed by atoms with Crippen molar-refractivity contribution >= 4 is 29.3 Å². The Morgan fingerprint density at radius 1 is 0.684 bits per heavy atom. The van der Waals surface area contributed by atoms with Gasteiger partial charge in [0.2, 0.25) is 0 Å². The lowest BCUT2D eigenvalue weighted by Crippen LogP contribution is -2.29.